The van der Waals surface area contributed by atoms with Crippen molar-refractivity contribution in [3.63, 3.8) is 0 Å². The number of allylic oxidation sites excluding steroid dienone is 4. The van der Waals surface area contributed by atoms with Crippen LogP contribution in [0, 0.1) is 19.8 Å². The lowest BCUT2D eigenvalue weighted by molar-refractivity contribution is 0.197. The molecule has 2 N–H and O–H groups in total. The van der Waals surface area contributed by atoms with Gasteiger partial charge in [0.1, 0.15) is 0 Å². The second-order valence-electron chi connectivity index (χ2n) is 9.18. The zero-order valence-corrected chi connectivity index (χ0v) is 25.1. The first kappa shape index (κ1) is 34.1. The topological polar surface area (TPSA) is 59.1 Å². The van der Waals surface area contributed by atoms with E-state index >= 15 is 0 Å². The Balaban J connectivity index is 0.00000108. The van der Waals surface area contributed by atoms with Crippen LogP contribution in [0.2, 0.25) is 0 Å². The van der Waals surface area contributed by atoms with Gasteiger partial charge in [0.15, 0.2) is 0 Å². The van der Waals surface area contributed by atoms with E-state index in [2.05, 4.69) is 112 Å². The number of ether oxygens (including phenoxy) is 1. The normalized spacial score (nSPS) is 10.8. The lowest BCUT2D eigenvalue weighted by Gasteiger charge is -2.13. The maximum absolute atomic E-state index is 5.07. The molecule has 206 valence electrons. The van der Waals surface area contributed by atoms with Gasteiger partial charge in [0.2, 0.25) is 5.95 Å². The number of hydrogen-bond donors (Lipinski definition) is 2. The van der Waals surface area contributed by atoms with Crippen LogP contribution in [-0.4, -0.2) is 36.8 Å². The van der Waals surface area contributed by atoms with E-state index in [1.807, 2.05) is 19.9 Å². The van der Waals surface area contributed by atoms with Crippen LogP contribution < -0.4 is 10.6 Å². The molecule has 0 atom stereocenters. The molecule has 0 bridgehead atoms. The number of nitrogens with one attached hydrogen (secondary N) is 2. The Morgan fingerprint density at radius 3 is 2.16 bits per heavy atom. The predicted octanol–water partition coefficient (Wildman–Crippen LogP) is 8.14. The molecule has 0 aliphatic rings. The van der Waals surface area contributed by atoms with E-state index in [1.165, 1.54) is 22.3 Å². The molecule has 0 saturated carbocycles. The largest absolute Gasteiger partial charge is 0.385 e. The Morgan fingerprint density at radius 2 is 1.65 bits per heavy atom. The van der Waals surface area contributed by atoms with E-state index in [-0.39, 0.29) is 0 Å². The average molecular weight is 509 g/mol. The van der Waals surface area contributed by atoms with Crippen molar-refractivity contribution in [1.82, 2.24) is 15.3 Å². The Labute approximate surface area is 227 Å². The lowest BCUT2D eigenvalue weighted by atomic mass is 10.1. The smallest absolute Gasteiger partial charge is 0.223 e. The third-order valence-corrected chi connectivity index (χ3v) is 5.18. The first-order valence-corrected chi connectivity index (χ1v) is 13.6. The fourth-order valence-corrected chi connectivity index (χ4v) is 3.09. The SMILES string of the molecule is CC.CCC(/C=C\C(C)C)=C/CNC(=C(C)C)c1ccnc(NCCCOC)n1.Cc1ccc(C)cc1. The highest BCUT2D eigenvalue weighted by Gasteiger charge is 2.06. The van der Waals surface area contributed by atoms with Crippen molar-refractivity contribution in [3.8, 4) is 0 Å². The highest BCUT2D eigenvalue weighted by Crippen LogP contribution is 2.15. The molecule has 37 heavy (non-hydrogen) atoms. The van der Waals surface area contributed by atoms with Crippen LogP contribution in [0.3, 0.4) is 0 Å². The summed E-state index contributed by atoms with van der Waals surface area (Å²) in [6.07, 6.45) is 10.5. The summed E-state index contributed by atoms with van der Waals surface area (Å²) in [7, 11) is 1.71. The standard InChI is InChI=1S/C22H36N4O.C8H10.C2H6/c1-7-19(10-9-17(2)3)11-14-23-21(18(4)5)20-12-15-25-22(26-20)24-13-8-16-27-6;1-7-3-5-8(2)6-4-7;1-2/h9-12,15,17,23H,7-8,13-14,16H2,1-6H3,(H,24,25,26);3-6H,1-2H3;1-2H3/b10-9-,19-11-;;. The molecular formula is C32H52N4O. The monoisotopic (exact) mass is 508 g/mol. The molecule has 0 aliphatic carbocycles. The zero-order valence-electron chi connectivity index (χ0n) is 25.1. The molecular weight excluding hydrogens is 456 g/mol. The minimum absolute atomic E-state index is 0.567. The summed E-state index contributed by atoms with van der Waals surface area (Å²) in [6.45, 7) is 21.2. The van der Waals surface area contributed by atoms with Gasteiger partial charge in [0.25, 0.3) is 0 Å². The number of aryl methyl sites for hydroxylation is 2. The van der Waals surface area contributed by atoms with Gasteiger partial charge in [-0.3, -0.25) is 0 Å². The lowest BCUT2D eigenvalue weighted by Crippen LogP contribution is -2.16. The zero-order chi connectivity index (χ0) is 28.1. The number of anilines is 1. The fraction of sp³-hybridized carbons (Fsp3) is 0.500. The molecule has 2 rings (SSSR count). The molecule has 0 amide bonds. The second kappa shape index (κ2) is 21.2. The first-order valence-electron chi connectivity index (χ1n) is 13.6. The maximum Gasteiger partial charge on any atom is 0.223 e. The van der Waals surface area contributed by atoms with Gasteiger partial charge in [-0.05, 0) is 52.5 Å². The van der Waals surface area contributed by atoms with Gasteiger partial charge >= 0.3 is 0 Å². The van der Waals surface area contributed by atoms with E-state index < -0.39 is 0 Å². The number of nitrogens with zero attached hydrogens (tertiary/aromatic N) is 2. The third kappa shape index (κ3) is 16.4. The van der Waals surface area contributed by atoms with Gasteiger partial charge in [-0.25, -0.2) is 9.97 Å². The maximum atomic E-state index is 5.07. The highest BCUT2D eigenvalue weighted by atomic mass is 16.5. The summed E-state index contributed by atoms with van der Waals surface area (Å²) in [5.41, 5.74) is 7.15. The average Bonchev–Trinajstić information content (AvgIpc) is 2.89. The Morgan fingerprint density at radius 1 is 1.03 bits per heavy atom. The molecule has 1 aromatic heterocycles. The molecule has 0 fully saturated rings. The van der Waals surface area contributed by atoms with Gasteiger partial charge in [-0.15, -0.1) is 0 Å². The Kier molecular flexibility index (Phi) is 19.5. The summed E-state index contributed by atoms with van der Waals surface area (Å²) in [5, 5.41) is 6.77. The molecule has 0 unspecified atom stereocenters. The minimum Gasteiger partial charge on any atom is -0.385 e. The number of aromatic nitrogens is 2. The van der Waals surface area contributed by atoms with Crippen molar-refractivity contribution in [2.75, 3.05) is 32.1 Å². The van der Waals surface area contributed by atoms with Gasteiger partial charge < -0.3 is 15.4 Å². The van der Waals surface area contributed by atoms with Crippen LogP contribution in [0.15, 0.2) is 65.9 Å². The highest BCUT2D eigenvalue weighted by molar-refractivity contribution is 5.64. The van der Waals surface area contributed by atoms with E-state index in [0.717, 1.165) is 43.9 Å². The van der Waals surface area contributed by atoms with E-state index in [1.54, 1.807) is 13.3 Å². The van der Waals surface area contributed by atoms with Crippen LogP contribution in [0.25, 0.3) is 5.70 Å². The summed E-state index contributed by atoms with van der Waals surface area (Å²) < 4.78 is 5.07. The molecule has 5 heteroatoms. The molecule has 1 aromatic carbocycles. The van der Waals surface area contributed by atoms with E-state index in [4.69, 9.17) is 4.74 Å². The van der Waals surface area contributed by atoms with E-state index in [9.17, 15) is 0 Å². The van der Waals surface area contributed by atoms with Gasteiger partial charge in [-0.2, -0.15) is 0 Å². The fourth-order valence-electron chi connectivity index (χ4n) is 3.09. The Bertz CT molecular complexity index is 919. The number of rotatable bonds is 12. The van der Waals surface area contributed by atoms with Crippen LogP contribution in [0.1, 0.15) is 78.1 Å². The van der Waals surface area contributed by atoms with Crippen molar-refractivity contribution in [3.05, 3.63) is 82.7 Å². The van der Waals surface area contributed by atoms with Gasteiger partial charge in [0.05, 0.1) is 11.4 Å². The second-order valence-corrected chi connectivity index (χ2v) is 9.18. The van der Waals surface area contributed by atoms with Crippen LogP contribution in [-0.2, 0) is 4.74 Å². The summed E-state index contributed by atoms with van der Waals surface area (Å²) in [4.78, 5) is 8.96. The van der Waals surface area contributed by atoms with Crippen LogP contribution >= 0.6 is 0 Å². The van der Waals surface area contributed by atoms with Crippen molar-refractivity contribution in [2.45, 2.75) is 75.2 Å². The van der Waals surface area contributed by atoms with Crippen LogP contribution in [0.4, 0.5) is 5.95 Å². The summed E-state index contributed by atoms with van der Waals surface area (Å²) in [5.74, 6) is 1.21. The van der Waals surface area contributed by atoms with Crippen molar-refractivity contribution in [1.29, 1.82) is 0 Å². The molecule has 0 spiro atoms. The molecule has 2 aromatic rings. The first-order chi connectivity index (χ1) is 17.8. The number of benzene rings is 1. The predicted molar refractivity (Wildman–Crippen MR) is 163 cm³/mol. The van der Waals surface area contributed by atoms with Gasteiger partial charge in [-0.1, -0.05) is 99.4 Å². The molecule has 0 saturated heterocycles. The van der Waals surface area contributed by atoms with E-state index in [0.29, 0.717) is 11.9 Å². The summed E-state index contributed by atoms with van der Waals surface area (Å²) in [6, 6.07) is 10.4. The van der Waals surface area contributed by atoms with Crippen molar-refractivity contribution in [2.24, 2.45) is 5.92 Å². The van der Waals surface area contributed by atoms with Crippen LogP contribution in [0.5, 0.6) is 0 Å². The molecule has 0 aliphatic heterocycles. The number of hydrogen-bond acceptors (Lipinski definition) is 5. The Hall–Kier alpha value is -2.92. The quantitative estimate of drug-likeness (QED) is 0.224. The molecule has 0 radical (unpaired) electrons. The van der Waals surface area contributed by atoms with Crippen molar-refractivity contribution >= 4 is 11.6 Å². The summed E-state index contributed by atoms with van der Waals surface area (Å²) >= 11 is 0. The van der Waals surface area contributed by atoms with Crippen molar-refractivity contribution < 1.29 is 4.74 Å². The van der Waals surface area contributed by atoms with Gasteiger partial charge in [0, 0.05) is 33.0 Å². The molecule has 5 nitrogen and oxygen atoms in total. The minimum atomic E-state index is 0.567. The third-order valence-electron chi connectivity index (χ3n) is 5.18. The number of methoxy groups -OCH3 is 1. The molecule has 1 heterocycles.